The van der Waals surface area contributed by atoms with Gasteiger partial charge in [-0.1, -0.05) is 0 Å². The molecular formula is C14H18N4O2. The maximum atomic E-state index is 12.0. The monoisotopic (exact) mass is 274 g/mol. The summed E-state index contributed by atoms with van der Waals surface area (Å²) in [5.74, 6) is 0.223. The minimum Gasteiger partial charge on any atom is -0.490 e. The number of anilines is 1. The van der Waals surface area contributed by atoms with Gasteiger partial charge in [0.15, 0.2) is 11.4 Å². The summed E-state index contributed by atoms with van der Waals surface area (Å²) >= 11 is 0. The molecule has 0 atom stereocenters. The highest BCUT2D eigenvalue weighted by molar-refractivity contribution is 5.94. The topological polar surface area (TPSA) is 82.2 Å². The van der Waals surface area contributed by atoms with Crippen LogP contribution in [0, 0.1) is 0 Å². The van der Waals surface area contributed by atoms with Crippen LogP contribution in [0.4, 0.5) is 5.69 Å². The third-order valence-electron chi connectivity index (χ3n) is 2.69. The van der Waals surface area contributed by atoms with E-state index in [9.17, 15) is 4.79 Å². The first-order chi connectivity index (χ1) is 9.65. The van der Waals surface area contributed by atoms with E-state index in [-0.39, 0.29) is 11.6 Å². The highest BCUT2D eigenvalue weighted by Crippen LogP contribution is 2.20. The number of nitrogens with zero attached hydrogens (tertiary/aromatic N) is 2. The summed E-state index contributed by atoms with van der Waals surface area (Å²) in [5.41, 5.74) is 7.43. The number of carbonyl (C=O) groups is 1. The fourth-order valence-corrected chi connectivity index (χ4v) is 1.78. The minimum absolute atomic E-state index is 0.245. The summed E-state index contributed by atoms with van der Waals surface area (Å²) < 4.78 is 7.07. The maximum absolute atomic E-state index is 12.0. The van der Waals surface area contributed by atoms with Gasteiger partial charge in [-0.25, -0.2) is 4.68 Å². The number of hydrogen-bond donors (Lipinski definition) is 2. The number of nitrogen functional groups attached to an aromatic ring is 1. The van der Waals surface area contributed by atoms with Gasteiger partial charge in [-0.05, 0) is 38.1 Å². The first-order valence-electron chi connectivity index (χ1n) is 6.52. The van der Waals surface area contributed by atoms with Gasteiger partial charge in [-0.15, -0.1) is 0 Å². The Morgan fingerprint density at radius 2 is 2.05 bits per heavy atom. The molecule has 0 fully saturated rings. The van der Waals surface area contributed by atoms with Crippen LogP contribution in [0.1, 0.15) is 24.3 Å². The Balaban J connectivity index is 2.37. The number of nitrogens with one attached hydrogen (secondary N) is 1. The van der Waals surface area contributed by atoms with E-state index in [4.69, 9.17) is 10.5 Å². The molecule has 6 nitrogen and oxygen atoms in total. The van der Waals surface area contributed by atoms with Crippen LogP contribution < -0.4 is 15.8 Å². The molecule has 2 rings (SSSR count). The molecule has 0 aliphatic carbocycles. The molecule has 1 aromatic heterocycles. The lowest BCUT2D eigenvalue weighted by atomic mass is 10.3. The highest BCUT2D eigenvalue weighted by Gasteiger charge is 2.17. The van der Waals surface area contributed by atoms with E-state index in [2.05, 4.69) is 10.4 Å². The van der Waals surface area contributed by atoms with Crippen molar-refractivity contribution in [2.45, 2.75) is 13.8 Å². The Kier molecular flexibility index (Phi) is 4.24. The lowest BCUT2D eigenvalue weighted by Gasteiger charge is -2.02. The third-order valence-corrected chi connectivity index (χ3v) is 2.69. The molecule has 1 aromatic carbocycles. The average Bonchev–Trinajstić information content (AvgIpc) is 2.84. The molecule has 0 aliphatic heterocycles. The average molecular weight is 274 g/mol. The van der Waals surface area contributed by atoms with Gasteiger partial charge >= 0.3 is 0 Å². The summed E-state index contributed by atoms with van der Waals surface area (Å²) in [5, 5.41) is 7.01. The smallest absolute Gasteiger partial charge is 0.275 e. The number of nitrogens with two attached hydrogens (primary N) is 1. The summed E-state index contributed by atoms with van der Waals surface area (Å²) in [6.45, 7) is 4.73. The largest absolute Gasteiger partial charge is 0.490 e. The number of carbonyl (C=O) groups excluding carboxylic acids is 1. The molecule has 0 aliphatic rings. The minimum atomic E-state index is -0.245. The molecule has 0 bridgehead atoms. The number of amides is 1. The molecule has 0 radical (unpaired) electrons. The van der Waals surface area contributed by atoms with Gasteiger partial charge in [0.2, 0.25) is 0 Å². The van der Waals surface area contributed by atoms with Gasteiger partial charge in [0, 0.05) is 12.2 Å². The van der Waals surface area contributed by atoms with Crippen molar-refractivity contribution >= 4 is 11.6 Å². The quantitative estimate of drug-likeness (QED) is 0.811. The van der Waals surface area contributed by atoms with Crippen LogP contribution in [0.15, 0.2) is 30.5 Å². The van der Waals surface area contributed by atoms with Crippen molar-refractivity contribution in [3.63, 3.8) is 0 Å². The Hall–Kier alpha value is -2.50. The molecule has 6 heteroatoms. The summed E-state index contributed by atoms with van der Waals surface area (Å²) in [6, 6.07) is 7.23. The second-order valence-corrected chi connectivity index (χ2v) is 4.17. The van der Waals surface area contributed by atoms with Crippen molar-refractivity contribution in [3.8, 4) is 11.4 Å². The van der Waals surface area contributed by atoms with Crippen LogP contribution >= 0.6 is 0 Å². The fraction of sp³-hybridized carbons (Fsp3) is 0.286. The Bertz CT molecular complexity index is 590. The normalized spacial score (nSPS) is 10.3. The predicted octanol–water partition coefficient (Wildman–Crippen LogP) is 1.60. The first kappa shape index (κ1) is 13.9. The third kappa shape index (κ3) is 2.90. The van der Waals surface area contributed by atoms with E-state index in [1.165, 1.54) is 0 Å². The molecule has 3 N–H and O–H groups in total. The molecule has 1 heterocycles. The van der Waals surface area contributed by atoms with Crippen molar-refractivity contribution in [1.29, 1.82) is 0 Å². The lowest BCUT2D eigenvalue weighted by Crippen LogP contribution is -2.24. The number of hydrogen-bond acceptors (Lipinski definition) is 4. The van der Waals surface area contributed by atoms with Gasteiger partial charge in [-0.3, -0.25) is 4.79 Å². The van der Waals surface area contributed by atoms with Crippen LogP contribution in [0.3, 0.4) is 0 Å². The molecular weight excluding hydrogens is 256 g/mol. The Morgan fingerprint density at radius 1 is 1.35 bits per heavy atom. The number of benzene rings is 1. The molecule has 0 saturated heterocycles. The predicted molar refractivity (Wildman–Crippen MR) is 77.2 cm³/mol. The number of rotatable bonds is 5. The highest BCUT2D eigenvalue weighted by atomic mass is 16.5. The second kappa shape index (κ2) is 6.10. The van der Waals surface area contributed by atoms with E-state index < -0.39 is 0 Å². The SMILES string of the molecule is CCNC(=O)c1nn(-c2ccc(N)cc2)cc1OCC. The summed E-state index contributed by atoms with van der Waals surface area (Å²) in [7, 11) is 0. The molecule has 0 spiro atoms. The van der Waals surface area contributed by atoms with Gasteiger partial charge in [0.1, 0.15) is 0 Å². The molecule has 1 amide bonds. The number of aromatic nitrogens is 2. The van der Waals surface area contributed by atoms with Crippen LogP contribution in [0.5, 0.6) is 5.75 Å². The molecule has 0 unspecified atom stereocenters. The van der Waals surface area contributed by atoms with Gasteiger partial charge in [-0.2, -0.15) is 5.10 Å². The van der Waals surface area contributed by atoms with Crippen LogP contribution in [-0.4, -0.2) is 28.8 Å². The van der Waals surface area contributed by atoms with E-state index >= 15 is 0 Å². The van der Waals surface area contributed by atoms with Crippen LogP contribution in [0.2, 0.25) is 0 Å². The fourth-order valence-electron chi connectivity index (χ4n) is 1.78. The van der Waals surface area contributed by atoms with Crippen molar-refractivity contribution in [2.75, 3.05) is 18.9 Å². The summed E-state index contributed by atoms with van der Waals surface area (Å²) in [6.07, 6.45) is 1.69. The zero-order valence-corrected chi connectivity index (χ0v) is 11.6. The van der Waals surface area contributed by atoms with Crippen molar-refractivity contribution < 1.29 is 9.53 Å². The maximum Gasteiger partial charge on any atom is 0.275 e. The standard InChI is InChI=1S/C14H18N4O2/c1-3-16-14(19)13-12(20-4-2)9-18(17-13)11-7-5-10(15)6-8-11/h5-9H,3-4,15H2,1-2H3,(H,16,19). The van der Waals surface area contributed by atoms with Crippen molar-refractivity contribution in [3.05, 3.63) is 36.2 Å². The molecule has 2 aromatic rings. The van der Waals surface area contributed by atoms with Gasteiger partial charge in [0.25, 0.3) is 5.91 Å². The van der Waals surface area contributed by atoms with E-state index in [0.717, 1.165) is 5.69 Å². The lowest BCUT2D eigenvalue weighted by molar-refractivity contribution is 0.0946. The Labute approximate surface area is 117 Å². The van der Waals surface area contributed by atoms with Gasteiger partial charge in [0.05, 0.1) is 18.5 Å². The van der Waals surface area contributed by atoms with E-state index in [1.54, 1.807) is 23.0 Å². The second-order valence-electron chi connectivity index (χ2n) is 4.17. The first-order valence-corrected chi connectivity index (χ1v) is 6.52. The Morgan fingerprint density at radius 3 is 2.65 bits per heavy atom. The molecule has 20 heavy (non-hydrogen) atoms. The van der Waals surface area contributed by atoms with Crippen molar-refractivity contribution in [2.24, 2.45) is 0 Å². The summed E-state index contributed by atoms with van der Waals surface area (Å²) in [4.78, 5) is 12.0. The van der Waals surface area contributed by atoms with E-state index in [1.807, 2.05) is 26.0 Å². The van der Waals surface area contributed by atoms with Crippen LogP contribution in [-0.2, 0) is 0 Å². The molecule has 106 valence electrons. The van der Waals surface area contributed by atoms with E-state index in [0.29, 0.717) is 24.6 Å². The number of ether oxygens (including phenoxy) is 1. The van der Waals surface area contributed by atoms with Crippen molar-refractivity contribution in [1.82, 2.24) is 15.1 Å². The van der Waals surface area contributed by atoms with Crippen LogP contribution in [0.25, 0.3) is 5.69 Å². The molecule has 0 saturated carbocycles. The van der Waals surface area contributed by atoms with Gasteiger partial charge < -0.3 is 15.8 Å². The zero-order valence-electron chi connectivity index (χ0n) is 11.6. The zero-order chi connectivity index (χ0) is 14.5.